The number of hydrogen-bond acceptors (Lipinski definition) is 13. The van der Waals surface area contributed by atoms with Gasteiger partial charge in [0.15, 0.2) is 17.5 Å². The topological polar surface area (TPSA) is 294 Å². The van der Waals surface area contributed by atoms with E-state index in [4.69, 9.17) is 16.2 Å². The van der Waals surface area contributed by atoms with Gasteiger partial charge in [-0.3, -0.25) is 19.4 Å². The molecule has 4 saturated carbocycles. The van der Waals surface area contributed by atoms with Gasteiger partial charge in [0.2, 0.25) is 0 Å². The molecule has 1 saturated heterocycles. The molecular formula is C62H85N5O11. The Labute approximate surface area is 459 Å². The number of aliphatic hydroxyl groups excluding tert-OH is 4. The molecule has 16 heteroatoms. The third-order valence-electron chi connectivity index (χ3n) is 21.6. The lowest BCUT2D eigenvalue weighted by atomic mass is 9.44. The molecule has 424 valence electrons. The number of rotatable bonds is 12. The number of hydrogen-bond donors (Lipinski definition) is 11. The molecule has 78 heavy (non-hydrogen) atoms. The minimum atomic E-state index is -1.95. The van der Waals surface area contributed by atoms with E-state index in [9.17, 15) is 45.3 Å². The molecule has 10 rings (SSSR count). The Morgan fingerprint density at radius 1 is 0.962 bits per heavy atom. The number of aromatic nitrogens is 1. The second kappa shape index (κ2) is 21.8. The smallest absolute Gasteiger partial charge is 0.313 e. The van der Waals surface area contributed by atoms with E-state index in [1.54, 1.807) is 19.1 Å². The summed E-state index contributed by atoms with van der Waals surface area (Å²) in [5, 5.41) is 87.9. The first-order chi connectivity index (χ1) is 37.1. The maximum Gasteiger partial charge on any atom is 0.313 e. The minimum absolute atomic E-state index is 0.0123. The Morgan fingerprint density at radius 3 is 2.45 bits per heavy atom. The number of guanidine groups is 1. The molecule has 2 aromatic rings. The minimum Gasteiger partial charge on any atom is -0.508 e. The van der Waals surface area contributed by atoms with Crippen molar-refractivity contribution in [2.45, 2.75) is 165 Å². The van der Waals surface area contributed by atoms with E-state index < -0.39 is 88.4 Å². The van der Waals surface area contributed by atoms with Gasteiger partial charge >= 0.3 is 5.97 Å². The number of phenolic OH excluding ortho intramolecular Hbond substituents is 1. The zero-order chi connectivity index (χ0) is 55.6. The Kier molecular flexibility index (Phi) is 15.7. The molecule has 13 N–H and O–H groups in total. The van der Waals surface area contributed by atoms with Gasteiger partial charge < -0.3 is 62.3 Å². The third kappa shape index (κ3) is 9.84. The fourth-order valence-corrected chi connectivity index (χ4v) is 17.8. The van der Waals surface area contributed by atoms with Gasteiger partial charge in [-0.25, -0.2) is 0 Å². The highest BCUT2D eigenvalue weighted by molar-refractivity contribution is 6.01. The van der Waals surface area contributed by atoms with E-state index >= 15 is 4.79 Å². The monoisotopic (exact) mass is 1080 g/mol. The standard InChI is InChI=1S/C62H85N5O11/c1-33-8-12-36-13-16-41-34(2)25-51(73)60(4,76)56-38(7-5-6-37(26-43(41)42(36)24-33)44-32-78-57(75)52(44)39-19-22-65-30-39)28-62(77)53-45(18-20-61(56,62)21-23-66-58(63)64)59(3)29-50(72)49(71)27-46(59)55(74)54(53)67-47(31-68)48(70)17-11-35-9-14-40(69)15-10-35/h9-10,13-15,19,22,30,33-34,37-38,41-47,49-52,56,65,67-69,71-73,76-77H,7-8,11-12,16-18,20-21,23-29,31-32H2,1-4H3,(H4,63,64,66). The predicted molar refractivity (Wildman–Crippen MR) is 292 cm³/mol. The van der Waals surface area contributed by atoms with Crippen LogP contribution in [-0.4, -0.2) is 120 Å². The summed E-state index contributed by atoms with van der Waals surface area (Å²) in [6, 6.07) is 7.14. The summed E-state index contributed by atoms with van der Waals surface area (Å²) in [6.45, 7) is 7.71. The maximum atomic E-state index is 15.6. The molecule has 20 unspecified atom stereocenters. The first-order valence-corrected chi connectivity index (χ1v) is 29.1. The van der Waals surface area contributed by atoms with Crippen LogP contribution in [0.2, 0.25) is 0 Å². The Morgan fingerprint density at radius 2 is 1.73 bits per heavy atom. The van der Waals surface area contributed by atoms with E-state index in [0.717, 1.165) is 43.2 Å². The number of nitrogens with two attached hydrogens (primary N) is 2. The first kappa shape index (κ1) is 56.3. The Hall–Kier alpha value is -5.02. The van der Waals surface area contributed by atoms with Crippen LogP contribution in [-0.2, 0) is 25.5 Å². The van der Waals surface area contributed by atoms with E-state index in [-0.39, 0.29) is 117 Å². The molecular weight excluding hydrogens is 991 g/mol. The van der Waals surface area contributed by atoms with Crippen molar-refractivity contribution in [3.8, 4) is 17.6 Å². The number of H-pyrrole nitrogens is 1. The SMILES string of the molecule is CC1CCC2=CCC3C(C)CC(O)C(C)(O)C4C(CC#CC(C5COC(=O)C5c5cc[nH]c5)CC3C2C1)CC1(O)C2=C(NC(CO)C(=O)CCc3ccc(O)cc3)C(=O)C3CC(O)C(O)CC3(C)C2CCC41CCN=C(N)N. The number of ether oxygens (including phenoxy) is 1. The number of allylic oxidation sites excluding steroid dienone is 3. The summed E-state index contributed by atoms with van der Waals surface area (Å²) in [4.78, 5) is 51.3. The third-order valence-corrected chi connectivity index (χ3v) is 21.6. The molecule has 7 aliphatic carbocycles. The van der Waals surface area contributed by atoms with Crippen molar-refractivity contribution in [2.24, 2.45) is 92.4 Å². The van der Waals surface area contributed by atoms with Crippen LogP contribution in [0.5, 0.6) is 5.75 Å². The molecule has 0 radical (unpaired) electrons. The number of carbonyl (C=O) groups is 3. The van der Waals surface area contributed by atoms with Gasteiger partial charge in [0.1, 0.15) is 11.8 Å². The van der Waals surface area contributed by atoms with Crippen LogP contribution in [0, 0.1) is 87.8 Å². The molecule has 0 spiro atoms. The summed E-state index contributed by atoms with van der Waals surface area (Å²) in [5.41, 5.74) is 9.38. The van der Waals surface area contributed by atoms with Crippen molar-refractivity contribution in [2.75, 3.05) is 19.8 Å². The molecule has 0 bridgehead atoms. The number of nitrogens with zero attached hydrogens (tertiary/aromatic N) is 1. The van der Waals surface area contributed by atoms with Gasteiger partial charge in [0.25, 0.3) is 0 Å². The lowest BCUT2D eigenvalue weighted by molar-refractivity contribution is -0.190. The van der Waals surface area contributed by atoms with E-state index in [1.165, 1.54) is 17.7 Å². The molecule has 5 fully saturated rings. The highest BCUT2D eigenvalue weighted by Gasteiger charge is 2.74. The number of aromatic hydroxyl groups is 1. The molecule has 20 atom stereocenters. The number of aliphatic hydroxyl groups is 6. The molecule has 1 aliphatic heterocycles. The van der Waals surface area contributed by atoms with Gasteiger partial charge in [0.05, 0.1) is 54.3 Å². The number of carbonyl (C=O) groups excluding carboxylic acids is 3. The summed E-state index contributed by atoms with van der Waals surface area (Å²) in [7, 11) is 0. The van der Waals surface area contributed by atoms with Crippen molar-refractivity contribution < 1.29 is 54.9 Å². The second-order valence-corrected chi connectivity index (χ2v) is 26.0. The van der Waals surface area contributed by atoms with Crippen LogP contribution < -0.4 is 16.8 Å². The molecule has 1 aromatic carbocycles. The van der Waals surface area contributed by atoms with Crippen molar-refractivity contribution >= 4 is 23.5 Å². The molecule has 16 nitrogen and oxygen atoms in total. The molecule has 8 aliphatic rings. The normalized spacial score (nSPS) is 41.7. The summed E-state index contributed by atoms with van der Waals surface area (Å²) < 4.78 is 5.93. The number of ketones is 2. The number of phenols is 1. The van der Waals surface area contributed by atoms with Gasteiger partial charge in [-0.2, -0.15) is 0 Å². The number of cyclic esters (lactones) is 1. The number of aliphatic imine (C=N–C) groups is 1. The van der Waals surface area contributed by atoms with E-state index in [0.29, 0.717) is 36.7 Å². The Bertz CT molecular complexity index is 2720. The number of fused-ring (bicyclic) bond motifs is 10. The molecule has 0 amide bonds. The lowest BCUT2D eigenvalue weighted by Gasteiger charge is -2.62. The van der Waals surface area contributed by atoms with Crippen LogP contribution in [0.4, 0.5) is 0 Å². The van der Waals surface area contributed by atoms with Crippen molar-refractivity contribution in [1.82, 2.24) is 10.3 Å². The van der Waals surface area contributed by atoms with Gasteiger partial charge in [0, 0.05) is 60.9 Å². The zero-order valence-electron chi connectivity index (χ0n) is 45.9. The quantitative estimate of drug-likeness (QED) is 0.0435. The number of nitrogens with one attached hydrogen (secondary N) is 2. The second-order valence-electron chi connectivity index (χ2n) is 26.0. The van der Waals surface area contributed by atoms with Crippen LogP contribution in [0.3, 0.4) is 0 Å². The zero-order valence-corrected chi connectivity index (χ0v) is 45.9. The lowest BCUT2D eigenvalue weighted by Crippen LogP contribution is -2.66. The van der Waals surface area contributed by atoms with Gasteiger partial charge in [-0.1, -0.05) is 50.5 Å². The average Bonchev–Trinajstić information content (AvgIpc) is 3.41. The van der Waals surface area contributed by atoms with E-state index in [1.807, 2.05) is 25.4 Å². The molecule has 2 heterocycles. The number of aromatic amines is 1. The van der Waals surface area contributed by atoms with Gasteiger partial charge in [-0.15, -0.1) is 5.92 Å². The fraction of sp³-hybridized carbons (Fsp3) is 0.677. The highest BCUT2D eigenvalue weighted by Crippen LogP contribution is 2.72. The highest BCUT2D eigenvalue weighted by atomic mass is 16.5. The maximum absolute atomic E-state index is 15.6. The van der Waals surface area contributed by atoms with Crippen LogP contribution in [0.25, 0.3) is 0 Å². The number of Topliss-reactive ketones (excluding diaryl/α,β-unsaturated/α-hetero) is 2. The summed E-state index contributed by atoms with van der Waals surface area (Å²) >= 11 is 0. The summed E-state index contributed by atoms with van der Waals surface area (Å²) in [6.07, 6.45) is 8.73. The first-order valence-electron chi connectivity index (χ1n) is 29.1. The van der Waals surface area contributed by atoms with Crippen LogP contribution in [0.1, 0.15) is 135 Å². The Balaban J connectivity index is 1.12. The largest absolute Gasteiger partial charge is 0.508 e. The fourth-order valence-electron chi connectivity index (χ4n) is 17.8. The van der Waals surface area contributed by atoms with Crippen LogP contribution >= 0.6 is 0 Å². The number of benzene rings is 1. The van der Waals surface area contributed by atoms with Gasteiger partial charge in [-0.05, 0) is 172 Å². The van der Waals surface area contributed by atoms with Crippen molar-refractivity contribution in [3.05, 3.63) is 76.8 Å². The average molecular weight is 1080 g/mol. The van der Waals surface area contributed by atoms with Crippen LogP contribution in [0.15, 0.2) is 70.6 Å². The number of aryl methyl sites for hydroxylation is 1. The van der Waals surface area contributed by atoms with E-state index in [2.05, 4.69) is 47.1 Å². The summed E-state index contributed by atoms with van der Waals surface area (Å²) in [5.74, 6) is 3.40. The number of esters is 1. The predicted octanol–water partition coefficient (Wildman–Crippen LogP) is 5.08. The molecule has 1 aromatic heterocycles. The van der Waals surface area contributed by atoms with Crippen molar-refractivity contribution in [3.63, 3.8) is 0 Å². The van der Waals surface area contributed by atoms with Crippen molar-refractivity contribution in [1.29, 1.82) is 0 Å².